The molecular weight excluding hydrogens is 522 g/mol. The molecule has 5 aliphatic heterocycles. The van der Waals surface area contributed by atoms with Gasteiger partial charge in [-0.15, -0.1) is 0 Å². The van der Waals surface area contributed by atoms with E-state index in [9.17, 15) is 14.9 Å². The number of carbonyl (C=O) groups is 1. The normalized spacial score (nSPS) is 38.6. The van der Waals surface area contributed by atoms with Crippen molar-refractivity contribution in [1.82, 2.24) is 0 Å². The molecule has 5 heterocycles. The number of ether oxygens (including phenoxy) is 1. The minimum absolute atomic E-state index is 0. The molecule has 1 spiro atoms. The van der Waals surface area contributed by atoms with Crippen molar-refractivity contribution in [3.05, 3.63) is 81.4 Å². The fourth-order valence-corrected chi connectivity index (χ4v) is 9.29. The summed E-state index contributed by atoms with van der Waals surface area (Å²) in [5.41, 5.74) is 5.24. The number of amides is 1. The minimum Gasteiger partial charge on any atom is -1.00 e. The van der Waals surface area contributed by atoms with E-state index < -0.39 is 0 Å². The van der Waals surface area contributed by atoms with E-state index in [4.69, 9.17) is 4.74 Å². The number of quaternary nitrogens is 1. The molecule has 4 fully saturated rings. The summed E-state index contributed by atoms with van der Waals surface area (Å²) >= 11 is 0. The Bertz CT molecular complexity index is 1330. The summed E-state index contributed by atoms with van der Waals surface area (Å²) in [6, 6.07) is 16.4. The molecule has 0 N–H and O–H groups in total. The van der Waals surface area contributed by atoms with E-state index in [2.05, 4.69) is 35.2 Å². The Kier molecular flexibility index (Phi) is 4.71. The number of para-hydroxylation sites is 1. The summed E-state index contributed by atoms with van der Waals surface area (Å²) in [5.74, 6) is 1.03. The van der Waals surface area contributed by atoms with Gasteiger partial charge in [-0.3, -0.25) is 14.9 Å². The van der Waals surface area contributed by atoms with Crippen LogP contribution in [0.3, 0.4) is 0 Å². The van der Waals surface area contributed by atoms with Gasteiger partial charge in [-0.05, 0) is 35.3 Å². The molecule has 8 rings (SSSR count). The van der Waals surface area contributed by atoms with Crippen LogP contribution in [0.5, 0.6) is 0 Å². The lowest BCUT2D eigenvalue weighted by Crippen LogP contribution is -3.00. The van der Waals surface area contributed by atoms with E-state index in [0.717, 1.165) is 48.2 Å². The summed E-state index contributed by atoms with van der Waals surface area (Å²) in [6.45, 7) is 3.54. The number of rotatable bonds is 3. The standard InChI is InChI=1S/C28H28N3O4.BrH/c32-25-14-23-26-20-13-24-28(21-3-1-2-4-22(21)29(25)27(26)28)10-11-31(24,16-18(20)9-12-35-23)15-17-5-7-19(8-6-17)30(33)34;/h1-9,20,23-24,26-27H,10-16H2;1H/q+1;/p-1. The van der Waals surface area contributed by atoms with Crippen LogP contribution in [0, 0.1) is 22.0 Å². The highest BCUT2D eigenvalue weighted by atomic mass is 79.9. The third-order valence-corrected chi connectivity index (χ3v) is 10.4. The van der Waals surface area contributed by atoms with Crippen molar-refractivity contribution < 1.29 is 35.9 Å². The highest BCUT2D eigenvalue weighted by Crippen LogP contribution is 2.67. The number of halogens is 1. The van der Waals surface area contributed by atoms with E-state index >= 15 is 0 Å². The molecule has 1 aliphatic carbocycles. The second-order valence-corrected chi connectivity index (χ2v) is 11.5. The summed E-state index contributed by atoms with van der Waals surface area (Å²) < 4.78 is 7.36. The van der Waals surface area contributed by atoms with Gasteiger partial charge in [-0.2, -0.15) is 0 Å². The first-order chi connectivity index (χ1) is 17.0. The highest BCUT2D eigenvalue weighted by Gasteiger charge is 2.75. The lowest BCUT2D eigenvalue weighted by molar-refractivity contribution is -0.955. The maximum atomic E-state index is 13.6. The van der Waals surface area contributed by atoms with Crippen molar-refractivity contribution in [3.63, 3.8) is 0 Å². The van der Waals surface area contributed by atoms with Crippen molar-refractivity contribution in [2.75, 3.05) is 24.6 Å². The lowest BCUT2D eigenvalue weighted by atomic mass is 9.53. The molecule has 7 unspecified atom stereocenters. The number of nitrogens with zero attached hydrogens (tertiary/aromatic N) is 3. The van der Waals surface area contributed by atoms with E-state index in [-0.39, 0.29) is 51.1 Å². The molecule has 7 nitrogen and oxygen atoms in total. The first-order valence-corrected chi connectivity index (χ1v) is 12.8. The van der Waals surface area contributed by atoms with Crippen LogP contribution in [-0.2, 0) is 21.5 Å². The van der Waals surface area contributed by atoms with Crippen LogP contribution in [0.2, 0.25) is 0 Å². The predicted octanol–water partition coefficient (Wildman–Crippen LogP) is 0.720. The molecular formula is C28H28BrN3O4. The second-order valence-electron chi connectivity index (χ2n) is 11.5. The van der Waals surface area contributed by atoms with Crippen LogP contribution in [-0.4, -0.2) is 53.2 Å². The van der Waals surface area contributed by atoms with Crippen LogP contribution in [0.25, 0.3) is 0 Å². The van der Waals surface area contributed by atoms with E-state index in [1.54, 1.807) is 12.1 Å². The van der Waals surface area contributed by atoms with Crippen LogP contribution >= 0.6 is 0 Å². The van der Waals surface area contributed by atoms with Crippen molar-refractivity contribution >= 4 is 17.3 Å². The van der Waals surface area contributed by atoms with E-state index in [1.807, 2.05) is 12.1 Å². The van der Waals surface area contributed by atoms with Gasteiger partial charge in [0.1, 0.15) is 19.1 Å². The van der Waals surface area contributed by atoms with Gasteiger partial charge < -0.3 is 31.1 Å². The summed E-state index contributed by atoms with van der Waals surface area (Å²) in [7, 11) is 0. The molecule has 2 aromatic carbocycles. The predicted molar refractivity (Wildman–Crippen MR) is 129 cm³/mol. The van der Waals surface area contributed by atoms with E-state index in [0.29, 0.717) is 30.9 Å². The van der Waals surface area contributed by atoms with Gasteiger partial charge in [0.05, 0.1) is 42.1 Å². The van der Waals surface area contributed by atoms with Crippen LogP contribution in [0.4, 0.5) is 11.4 Å². The molecule has 2 bridgehead atoms. The van der Waals surface area contributed by atoms with Crippen molar-refractivity contribution in [2.24, 2.45) is 11.8 Å². The van der Waals surface area contributed by atoms with Crippen molar-refractivity contribution in [2.45, 2.75) is 49.4 Å². The number of fused-ring (bicyclic) bond motifs is 2. The zero-order chi connectivity index (χ0) is 23.5. The fraction of sp³-hybridized carbons (Fsp3) is 0.464. The van der Waals surface area contributed by atoms with Crippen LogP contribution < -0.4 is 21.9 Å². The average Bonchev–Trinajstić information content (AvgIpc) is 3.29. The molecule has 1 amide bonds. The third kappa shape index (κ3) is 2.62. The Labute approximate surface area is 220 Å². The summed E-state index contributed by atoms with van der Waals surface area (Å²) in [4.78, 5) is 26.6. The molecule has 8 heteroatoms. The number of nitro benzene ring substituents is 1. The van der Waals surface area contributed by atoms with Gasteiger partial charge in [-0.1, -0.05) is 24.3 Å². The molecule has 186 valence electrons. The number of hydrogen-bond acceptors (Lipinski definition) is 4. The average molecular weight is 550 g/mol. The fourth-order valence-electron chi connectivity index (χ4n) is 9.29. The van der Waals surface area contributed by atoms with Crippen LogP contribution in [0.15, 0.2) is 60.2 Å². The molecule has 7 atom stereocenters. The van der Waals surface area contributed by atoms with E-state index in [1.165, 1.54) is 11.1 Å². The Hall–Kier alpha value is -2.55. The van der Waals surface area contributed by atoms with Crippen LogP contribution in [0.1, 0.15) is 30.4 Å². The number of nitro groups is 1. The zero-order valence-electron chi connectivity index (χ0n) is 19.9. The zero-order valence-corrected chi connectivity index (χ0v) is 21.5. The first kappa shape index (κ1) is 22.6. The number of piperidine rings is 2. The Morgan fingerprint density at radius 3 is 2.78 bits per heavy atom. The summed E-state index contributed by atoms with van der Waals surface area (Å²) in [5, 5.41) is 11.2. The monoisotopic (exact) mass is 549 g/mol. The molecule has 3 saturated heterocycles. The first-order valence-electron chi connectivity index (χ1n) is 12.8. The lowest BCUT2D eigenvalue weighted by Gasteiger charge is -2.60. The Morgan fingerprint density at radius 1 is 1.17 bits per heavy atom. The minimum atomic E-state index is -0.329. The maximum Gasteiger partial charge on any atom is 0.269 e. The quantitative estimate of drug-likeness (QED) is 0.245. The topological polar surface area (TPSA) is 72.7 Å². The number of hydrogen-bond donors (Lipinski definition) is 0. The maximum absolute atomic E-state index is 13.6. The van der Waals surface area contributed by atoms with Gasteiger partial charge in [0.2, 0.25) is 5.91 Å². The number of non-ortho nitro benzene ring substituents is 1. The number of benzene rings is 2. The van der Waals surface area contributed by atoms with Gasteiger partial charge in [0.15, 0.2) is 0 Å². The van der Waals surface area contributed by atoms with Gasteiger partial charge in [-0.25, -0.2) is 0 Å². The van der Waals surface area contributed by atoms with Gasteiger partial charge in [0, 0.05) is 42.1 Å². The molecule has 2 aromatic rings. The number of carbonyl (C=O) groups excluding carboxylic acids is 1. The van der Waals surface area contributed by atoms with Gasteiger partial charge >= 0.3 is 0 Å². The van der Waals surface area contributed by atoms with Crippen molar-refractivity contribution in [1.29, 1.82) is 0 Å². The van der Waals surface area contributed by atoms with Crippen molar-refractivity contribution in [3.8, 4) is 0 Å². The molecule has 0 aromatic heterocycles. The number of anilines is 1. The van der Waals surface area contributed by atoms with Gasteiger partial charge in [0.25, 0.3) is 5.69 Å². The Balaban J connectivity index is 0.00000220. The third-order valence-electron chi connectivity index (χ3n) is 10.4. The Morgan fingerprint density at radius 2 is 1.97 bits per heavy atom. The smallest absolute Gasteiger partial charge is 0.269 e. The highest BCUT2D eigenvalue weighted by molar-refractivity contribution is 5.99. The SMILES string of the molecule is O=C1CC2OCC=C3C[N+]4(Cc5ccc([N+](=O)[O-])cc5)CCC56c7ccccc7N1C5C2C3CC64.[Br-]. The molecule has 6 aliphatic rings. The molecule has 36 heavy (non-hydrogen) atoms. The summed E-state index contributed by atoms with van der Waals surface area (Å²) in [6.07, 6.45) is 5.01. The largest absolute Gasteiger partial charge is 1.00 e. The second kappa shape index (κ2) is 7.49. The molecule has 0 radical (unpaired) electrons. The molecule has 1 saturated carbocycles.